The number of carboxylic acid groups (broad SMARTS) is 1. The summed E-state index contributed by atoms with van der Waals surface area (Å²) in [7, 11) is 0. The molecule has 0 aliphatic heterocycles. The van der Waals surface area contributed by atoms with Crippen molar-refractivity contribution in [2.45, 2.75) is 50.9 Å². The lowest BCUT2D eigenvalue weighted by atomic mass is 9.85. The minimum absolute atomic E-state index is 0.00677. The van der Waals surface area contributed by atoms with Crippen LogP contribution in [-0.2, 0) is 14.3 Å². The van der Waals surface area contributed by atoms with Crippen LogP contribution in [0.4, 0.5) is 4.79 Å². The van der Waals surface area contributed by atoms with Crippen LogP contribution in [0.2, 0.25) is 0 Å². The summed E-state index contributed by atoms with van der Waals surface area (Å²) < 4.78 is 5.62. The number of rotatable bonds is 10. The van der Waals surface area contributed by atoms with Crippen molar-refractivity contribution < 1.29 is 24.2 Å². The molecule has 7 heteroatoms. The Morgan fingerprint density at radius 2 is 1.53 bits per heavy atom. The number of amides is 2. The van der Waals surface area contributed by atoms with Crippen LogP contribution in [0.3, 0.4) is 0 Å². The Morgan fingerprint density at radius 3 is 2.15 bits per heavy atom. The first-order chi connectivity index (χ1) is 16.5. The number of benzene rings is 2. The maximum absolute atomic E-state index is 12.9. The Labute approximate surface area is 199 Å². The van der Waals surface area contributed by atoms with E-state index in [1.807, 2.05) is 24.3 Å². The van der Waals surface area contributed by atoms with Crippen molar-refractivity contribution in [2.24, 2.45) is 5.41 Å². The molecule has 0 aromatic heterocycles. The van der Waals surface area contributed by atoms with Crippen LogP contribution in [0.1, 0.15) is 62.0 Å². The number of carbonyl (C=O) groups excluding carboxylic acids is 2. The number of ether oxygens (including phenoxy) is 1. The highest BCUT2D eigenvalue weighted by Gasteiger charge is 2.41. The summed E-state index contributed by atoms with van der Waals surface area (Å²) in [5, 5.41) is 14.5. The third-order valence-electron chi connectivity index (χ3n) is 7.06. The average Bonchev–Trinajstić information content (AvgIpc) is 3.45. The van der Waals surface area contributed by atoms with Crippen LogP contribution in [0, 0.1) is 5.41 Å². The van der Waals surface area contributed by atoms with Gasteiger partial charge in [-0.15, -0.1) is 0 Å². The number of unbranched alkanes of at least 4 members (excludes halogenated alkanes) is 1. The van der Waals surface area contributed by atoms with Gasteiger partial charge in [0.25, 0.3) is 0 Å². The average molecular weight is 465 g/mol. The van der Waals surface area contributed by atoms with Gasteiger partial charge in [0.1, 0.15) is 6.61 Å². The molecule has 0 spiro atoms. The van der Waals surface area contributed by atoms with Crippen LogP contribution in [0.15, 0.2) is 48.5 Å². The van der Waals surface area contributed by atoms with Gasteiger partial charge in [-0.3, -0.25) is 9.59 Å². The fourth-order valence-electron chi connectivity index (χ4n) is 5.22. The van der Waals surface area contributed by atoms with E-state index < -0.39 is 17.5 Å². The Bertz CT molecular complexity index is 999. The van der Waals surface area contributed by atoms with Gasteiger partial charge in [-0.1, -0.05) is 61.4 Å². The highest BCUT2D eigenvalue weighted by molar-refractivity contribution is 5.84. The molecule has 1 saturated carbocycles. The normalized spacial score (nSPS) is 15.9. The van der Waals surface area contributed by atoms with E-state index in [1.54, 1.807) is 0 Å². The predicted octanol–water partition coefficient (Wildman–Crippen LogP) is 4.46. The second-order valence-electron chi connectivity index (χ2n) is 9.27. The Morgan fingerprint density at radius 1 is 0.912 bits per heavy atom. The summed E-state index contributed by atoms with van der Waals surface area (Å²) in [5.41, 5.74) is 4.05. The van der Waals surface area contributed by atoms with Gasteiger partial charge in [-0.2, -0.15) is 0 Å². The lowest BCUT2D eigenvalue weighted by Gasteiger charge is -2.28. The molecule has 0 heterocycles. The number of carboxylic acids is 1. The highest BCUT2D eigenvalue weighted by atomic mass is 16.5. The number of nitrogens with one attached hydrogen (secondary N) is 2. The zero-order chi connectivity index (χ0) is 24.0. The van der Waals surface area contributed by atoms with E-state index in [0.29, 0.717) is 19.4 Å². The number of hydrogen-bond acceptors (Lipinski definition) is 4. The van der Waals surface area contributed by atoms with E-state index in [9.17, 15) is 14.4 Å². The molecule has 2 aliphatic carbocycles. The predicted molar refractivity (Wildman–Crippen MR) is 128 cm³/mol. The number of alkyl carbamates (subject to hydrolysis) is 1. The van der Waals surface area contributed by atoms with E-state index in [4.69, 9.17) is 9.84 Å². The number of aliphatic carboxylic acids is 1. The Hall–Kier alpha value is -3.35. The molecular weight excluding hydrogens is 432 g/mol. The summed E-state index contributed by atoms with van der Waals surface area (Å²) in [6, 6.07) is 16.4. The van der Waals surface area contributed by atoms with E-state index in [0.717, 1.165) is 36.8 Å². The van der Waals surface area contributed by atoms with Crippen LogP contribution in [0.5, 0.6) is 0 Å². The van der Waals surface area contributed by atoms with Gasteiger partial charge in [0.2, 0.25) is 5.91 Å². The fourth-order valence-corrected chi connectivity index (χ4v) is 5.22. The Balaban J connectivity index is 1.30. The first-order valence-electron chi connectivity index (χ1n) is 12.1. The SMILES string of the molecule is O=C(O)CCCCNC(=O)C1(CNC(=O)OCC2c3ccccc3-c3ccccc32)CCCC1. The maximum atomic E-state index is 12.9. The number of hydrogen-bond donors (Lipinski definition) is 3. The number of carbonyl (C=O) groups is 3. The second kappa shape index (κ2) is 10.7. The van der Waals surface area contributed by atoms with E-state index in [1.165, 1.54) is 11.1 Å². The molecule has 2 aromatic rings. The third kappa shape index (κ3) is 5.24. The molecule has 0 radical (unpaired) electrons. The molecule has 2 amide bonds. The van der Waals surface area contributed by atoms with E-state index in [2.05, 4.69) is 34.9 Å². The van der Waals surface area contributed by atoms with Gasteiger partial charge >= 0.3 is 12.1 Å². The van der Waals surface area contributed by atoms with Crippen molar-refractivity contribution in [1.82, 2.24) is 10.6 Å². The molecule has 4 rings (SSSR count). The van der Waals surface area contributed by atoms with Gasteiger partial charge in [0, 0.05) is 25.4 Å². The van der Waals surface area contributed by atoms with Crippen LogP contribution in [0.25, 0.3) is 11.1 Å². The molecule has 0 atom stereocenters. The van der Waals surface area contributed by atoms with Crippen LogP contribution in [-0.4, -0.2) is 42.8 Å². The van der Waals surface area contributed by atoms with Crippen LogP contribution < -0.4 is 10.6 Å². The zero-order valence-corrected chi connectivity index (χ0v) is 19.3. The molecule has 0 saturated heterocycles. The lowest BCUT2D eigenvalue weighted by Crippen LogP contribution is -2.47. The standard InChI is InChI=1S/C27H32N2O5/c30-24(31)13-5-8-16-28-25(32)27(14-6-7-15-27)18-29-26(33)34-17-23-21-11-3-1-9-19(21)20-10-2-4-12-22(20)23/h1-4,9-12,23H,5-8,13-18H2,(H,28,32)(H,29,33)(H,30,31). The topological polar surface area (TPSA) is 105 Å². The van der Waals surface area contributed by atoms with Crippen molar-refractivity contribution in [3.05, 3.63) is 59.7 Å². The smallest absolute Gasteiger partial charge is 0.407 e. The summed E-state index contributed by atoms with van der Waals surface area (Å²) in [6.45, 7) is 0.923. The summed E-state index contributed by atoms with van der Waals surface area (Å²) in [6.07, 6.45) is 4.06. The quantitative estimate of drug-likeness (QED) is 0.451. The van der Waals surface area contributed by atoms with Gasteiger partial charge in [0.05, 0.1) is 5.41 Å². The Kier molecular flexibility index (Phi) is 7.50. The van der Waals surface area contributed by atoms with Gasteiger partial charge in [0.15, 0.2) is 0 Å². The van der Waals surface area contributed by atoms with E-state index in [-0.39, 0.29) is 31.4 Å². The van der Waals surface area contributed by atoms with Gasteiger partial charge in [-0.05, 0) is 47.9 Å². The maximum Gasteiger partial charge on any atom is 0.407 e. The highest BCUT2D eigenvalue weighted by Crippen LogP contribution is 2.44. The molecule has 180 valence electrons. The molecular formula is C27H32N2O5. The molecule has 34 heavy (non-hydrogen) atoms. The second-order valence-corrected chi connectivity index (χ2v) is 9.27. The number of fused-ring (bicyclic) bond motifs is 3. The molecule has 0 unspecified atom stereocenters. The largest absolute Gasteiger partial charge is 0.481 e. The summed E-state index contributed by atoms with van der Waals surface area (Å²) in [5.74, 6) is -0.905. The molecule has 0 bridgehead atoms. The van der Waals surface area contributed by atoms with Gasteiger partial charge in [-0.25, -0.2) is 4.79 Å². The third-order valence-corrected chi connectivity index (χ3v) is 7.06. The molecule has 1 fully saturated rings. The molecule has 3 N–H and O–H groups in total. The molecule has 7 nitrogen and oxygen atoms in total. The van der Waals surface area contributed by atoms with E-state index >= 15 is 0 Å². The fraction of sp³-hybridized carbons (Fsp3) is 0.444. The molecule has 2 aliphatic rings. The molecule has 2 aromatic carbocycles. The van der Waals surface area contributed by atoms with Crippen molar-refractivity contribution in [2.75, 3.05) is 19.7 Å². The van der Waals surface area contributed by atoms with Crippen molar-refractivity contribution in [3.63, 3.8) is 0 Å². The lowest BCUT2D eigenvalue weighted by molar-refractivity contribution is -0.137. The monoisotopic (exact) mass is 464 g/mol. The first-order valence-corrected chi connectivity index (χ1v) is 12.1. The minimum atomic E-state index is -0.828. The van der Waals surface area contributed by atoms with Crippen LogP contribution >= 0.6 is 0 Å². The minimum Gasteiger partial charge on any atom is -0.481 e. The zero-order valence-electron chi connectivity index (χ0n) is 19.3. The summed E-state index contributed by atoms with van der Waals surface area (Å²) in [4.78, 5) is 36.1. The van der Waals surface area contributed by atoms with Crippen molar-refractivity contribution >= 4 is 18.0 Å². The first kappa shape index (κ1) is 23.8. The van der Waals surface area contributed by atoms with Crippen molar-refractivity contribution in [3.8, 4) is 11.1 Å². The van der Waals surface area contributed by atoms with Gasteiger partial charge < -0.3 is 20.5 Å². The summed E-state index contributed by atoms with van der Waals surface area (Å²) >= 11 is 0. The van der Waals surface area contributed by atoms with Crippen molar-refractivity contribution in [1.29, 1.82) is 0 Å².